The van der Waals surface area contributed by atoms with Gasteiger partial charge in [-0.15, -0.1) is 0 Å². The van der Waals surface area contributed by atoms with Crippen molar-refractivity contribution in [1.82, 2.24) is 4.31 Å². The Morgan fingerprint density at radius 3 is 2.44 bits per heavy atom. The molecule has 0 bridgehead atoms. The quantitative estimate of drug-likeness (QED) is 0.359. The number of hydrogen-bond donors (Lipinski definition) is 0. The Balaban J connectivity index is 1.61. The number of allylic oxidation sites excluding steroid dienone is 1. The molecule has 1 saturated carbocycles. The van der Waals surface area contributed by atoms with E-state index in [0.717, 1.165) is 43.2 Å². The van der Waals surface area contributed by atoms with E-state index in [0.29, 0.717) is 30.5 Å². The van der Waals surface area contributed by atoms with E-state index >= 15 is 0 Å². The predicted molar refractivity (Wildman–Crippen MR) is 143 cm³/mol. The summed E-state index contributed by atoms with van der Waals surface area (Å²) >= 11 is 0. The van der Waals surface area contributed by atoms with Gasteiger partial charge in [-0.3, -0.25) is 0 Å². The summed E-state index contributed by atoms with van der Waals surface area (Å²) in [5.41, 5.74) is 3.28. The second-order valence-corrected chi connectivity index (χ2v) is 13.3. The lowest BCUT2D eigenvalue weighted by Crippen LogP contribution is -2.53. The van der Waals surface area contributed by atoms with E-state index in [-0.39, 0.29) is 16.8 Å². The predicted octanol–water partition coefficient (Wildman–Crippen LogP) is 5.90. The second kappa shape index (κ2) is 10.5. The van der Waals surface area contributed by atoms with Crippen molar-refractivity contribution in [3.63, 3.8) is 0 Å². The molecule has 1 heterocycles. The first-order valence-corrected chi connectivity index (χ1v) is 14.5. The summed E-state index contributed by atoms with van der Waals surface area (Å²) in [5, 5.41) is 0. The van der Waals surface area contributed by atoms with Crippen LogP contribution in [0.4, 0.5) is 0 Å². The maximum atomic E-state index is 13.8. The standard InChI is InChI=1S/C30H39NO4S/c1-5-35-28(32)20-24-15-17-30(21-23-9-7-6-8-10-23)22-31(18-16-26(30)19-24)36(33,34)27-13-11-25(12-14-27)29(2,3)4/h6-14,20,26H,5,15-19,21-22H2,1-4H3/t26-,30-/m0/s1. The summed E-state index contributed by atoms with van der Waals surface area (Å²) in [4.78, 5) is 12.4. The molecule has 1 aliphatic heterocycles. The van der Waals surface area contributed by atoms with Crippen LogP contribution in [0.15, 0.2) is 71.1 Å². The fraction of sp³-hybridized carbons (Fsp3) is 0.500. The number of hydrogen-bond acceptors (Lipinski definition) is 4. The summed E-state index contributed by atoms with van der Waals surface area (Å²) in [6, 6.07) is 17.8. The van der Waals surface area contributed by atoms with Gasteiger partial charge in [-0.2, -0.15) is 4.31 Å². The summed E-state index contributed by atoms with van der Waals surface area (Å²) in [6.07, 6.45) is 5.74. The molecule has 2 fully saturated rings. The Hall–Kier alpha value is -2.44. The minimum atomic E-state index is -3.60. The molecule has 2 aromatic rings. The maximum Gasteiger partial charge on any atom is 0.330 e. The number of esters is 1. The lowest BCUT2D eigenvalue weighted by Gasteiger charge is -2.51. The summed E-state index contributed by atoms with van der Waals surface area (Å²) in [7, 11) is -3.60. The van der Waals surface area contributed by atoms with Crippen LogP contribution in [0.25, 0.3) is 0 Å². The van der Waals surface area contributed by atoms with Crippen molar-refractivity contribution < 1.29 is 17.9 Å². The molecule has 6 heteroatoms. The molecule has 194 valence electrons. The third-order valence-electron chi connectivity index (χ3n) is 7.90. The Morgan fingerprint density at radius 1 is 1.11 bits per heavy atom. The van der Waals surface area contributed by atoms with Crippen LogP contribution >= 0.6 is 0 Å². The van der Waals surface area contributed by atoms with E-state index in [9.17, 15) is 13.2 Å². The third-order valence-corrected chi connectivity index (χ3v) is 9.76. The minimum absolute atomic E-state index is 0.0305. The lowest BCUT2D eigenvalue weighted by atomic mass is 9.59. The zero-order valence-electron chi connectivity index (χ0n) is 22.0. The van der Waals surface area contributed by atoms with Crippen LogP contribution < -0.4 is 0 Å². The van der Waals surface area contributed by atoms with Crippen LogP contribution in [0.3, 0.4) is 0 Å². The highest BCUT2D eigenvalue weighted by Gasteiger charge is 2.48. The molecule has 4 rings (SSSR count). The molecule has 0 N–H and O–H groups in total. The fourth-order valence-electron chi connectivity index (χ4n) is 5.85. The molecule has 0 amide bonds. The number of sulfonamides is 1. The molecule has 36 heavy (non-hydrogen) atoms. The van der Waals surface area contributed by atoms with Gasteiger partial charge in [0.15, 0.2) is 0 Å². The Bertz CT molecular complexity index is 1200. The highest BCUT2D eigenvalue weighted by molar-refractivity contribution is 7.89. The topological polar surface area (TPSA) is 63.7 Å². The average Bonchev–Trinajstić information content (AvgIpc) is 2.84. The Kier molecular flexibility index (Phi) is 7.77. The van der Waals surface area contributed by atoms with E-state index in [1.165, 1.54) is 5.56 Å². The lowest BCUT2D eigenvalue weighted by molar-refractivity contribution is -0.137. The van der Waals surface area contributed by atoms with Crippen molar-refractivity contribution in [1.29, 1.82) is 0 Å². The number of rotatable bonds is 6. The van der Waals surface area contributed by atoms with E-state index < -0.39 is 10.0 Å². The van der Waals surface area contributed by atoms with E-state index in [1.54, 1.807) is 22.5 Å². The maximum absolute atomic E-state index is 13.8. The number of nitrogens with zero attached hydrogens (tertiary/aromatic N) is 1. The van der Waals surface area contributed by atoms with Crippen molar-refractivity contribution in [2.24, 2.45) is 11.3 Å². The van der Waals surface area contributed by atoms with E-state index in [2.05, 4.69) is 32.9 Å². The first-order valence-electron chi connectivity index (χ1n) is 13.0. The van der Waals surface area contributed by atoms with Crippen LogP contribution in [0.5, 0.6) is 0 Å². The van der Waals surface area contributed by atoms with Crippen LogP contribution in [0, 0.1) is 11.3 Å². The summed E-state index contributed by atoms with van der Waals surface area (Å²) in [6.45, 7) is 9.56. The number of ether oxygens (including phenoxy) is 1. The third kappa shape index (κ3) is 5.76. The molecule has 1 saturated heterocycles. The van der Waals surface area contributed by atoms with Gasteiger partial charge in [0.2, 0.25) is 10.0 Å². The smallest absolute Gasteiger partial charge is 0.330 e. The van der Waals surface area contributed by atoms with Gasteiger partial charge in [0.05, 0.1) is 11.5 Å². The van der Waals surface area contributed by atoms with Crippen LogP contribution in [-0.2, 0) is 31.4 Å². The largest absolute Gasteiger partial charge is 0.463 e. The molecular formula is C30H39NO4S. The van der Waals surface area contributed by atoms with E-state index in [4.69, 9.17) is 4.74 Å². The Morgan fingerprint density at radius 2 is 1.81 bits per heavy atom. The molecular weight excluding hydrogens is 470 g/mol. The number of piperidine rings is 1. The van der Waals surface area contributed by atoms with Gasteiger partial charge in [0.25, 0.3) is 0 Å². The van der Waals surface area contributed by atoms with Crippen molar-refractivity contribution in [3.8, 4) is 0 Å². The molecule has 0 unspecified atom stereocenters. The van der Waals surface area contributed by atoms with Crippen molar-refractivity contribution in [2.45, 2.75) is 70.1 Å². The van der Waals surface area contributed by atoms with Crippen LogP contribution in [-0.4, -0.2) is 38.4 Å². The van der Waals surface area contributed by atoms with Gasteiger partial charge < -0.3 is 4.74 Å². The number of carbonyl (C=O) groups excluding carboxylic acids is 1. The highest BCUT2D eigenvalue weighted by Crippen LogP contribution is 2.51. The van der Waals surface area contributed by atoms with Gasteiger partial charge >= 0.3 is 5.97 Å². The molecule has 0 spiro atoms. The monoisotopic (exact) mass is 509 g/mol. The fourth-order valence-corrected chi connectivity index (χ4v) is 7.40. The van der Waals surface area contributed by atoms with Gasteiger partial charge in [-0.1, -0.05) is 68.8 Å². The van der Waals surface area contributed by atoms with Gasteiger partial charge in [-0.25, -0.2) is 13.2 Å². The average molecular weight is 510 g/mol. The number of fused-ring (bicyclic) bond motifs is 1. The highest BCUT2D eigenvalue weighted by atomic mass is 32.2. The molecule has 5 nitrogen and oxygen atoms in total. The van der Waals surface area contributed by atoms with Gasteiger partial charge in [0, 0.05) is 19.2 Å². The molecule has 2 atom stereocenters. The number of carbonyl (C=O) groups is 1. The summed E-state index contributed by atoms with van der Waals surface area (Å²) in [5.74, 6) is 0.0450. The Labute approximate surface area is 216 Å². The SMILES string of the molecule is CCOC(=O)C=C1CC[C@]2(Cc3ccccc3)CN(S(=O)(=O)c3ccc(C(C)(C)C)cc3)CC[C@H]2C1. The molecule has 0 radical (unpaired) electrons. The van der Waals surface area contributed by atoms with Crippen LogP contribution in [0.1, 0.15) is 64.5 Å². The van der Waals surface area contributed by atoms with Crippen molar-refractivity contribution in [3.05, 3.63) is 77.4 Å². The zero-order chi connectivity index (χ0) is 26.0. The minimum Gasteiger partial charge on any atom is -0.463 e. The first kappa shape index (κ1) is 26.6. The van der Waals surface area contributed by atoms with Crippen LogP contribution in [0.2, 0.25) is 0 Å². The second-order valence-electron chi connectivity index (χ2n) is 11.4. The molecule has 0 aromatic heterocycles. The first-order chi connectivity index (χ1) is 17.0. The molecule has 1 aliphatic carbocycles. The number of benzene rings is 2. The van der Waals surface area contributed by atoms with Gasteiger partial charge in [-0.05, 0) is 79.0 Å². The summed E-state index contributed by atoms with van der Waals surface area (Å²) < 4.78 is 34.4. The molecule has 2 aliphatic rings. The zero-order valence-corrected chi connectivity index (χ0v) is 22.8. The van der Waals surface area contributed by atoms with Crippen molar-refractivity contribution >= 4 is 16.0 Å². The molecule has 2 aromatic carbocycles. The van der Waals surface area contributed by atoms with E-state index in [1.807, 2.05) is 37.3 Å². The normalized spacial score (nSPS) is 24.3. The van der Waals surface area contributed by atoms with Gasteiger partial charge in [0.1, 0.15) is 0 Å². The van der Waals surface area contributed by atoms with Crippen molar-refractivity contribution in [2.75, 3.05) is 19.7 Å².